The van der Waals surface area contributed by atoms with Crippen LogP contribution in [0.3, 0.4) is 0 Å². The van der Waals surface area contributed by atoms with E-state index >= 15 is 0 Å². The molecule has 0 atom stereocenters. The van der Waals surface area contributed by atoms with Crippen LogP contribution >= 0.6 is 0 Å². The first-order valence-corrected chi connectivity index (χ1v) is 6.95. The van der Waals surface area contributed by atoms with E-state index in [0.29, 0.717) is 18.9 Å². The lowest BCUT2D eigenvalue weighted by Crippen LogP contribution is -2.28. The van der Waals surface area contributed by atoms with E-state index in [2.05, 4.69) is 4.72 Å². The van der Waals surface area contributed by atoms with Gasteiger partial charge in [-0.05, 0) is 31.6 Å². The van der Waals surface area contributed by atoms with Gasteiger partial charge in [0.15, 0.2) is 0 Å². The summed E-state index contributed by atoms with van der Waals surface area (Å²) in [7, 11) is -3.05. The Hall–Kier alpha value is -0.620. The SMILES string of the molecule is N=C(N)CCCCNS(=O)(=O)CC1CC1. The van der Waals surface area contributed by atoms with Gasteiger partial charge in [-0.25, -0.2) is 13.1 Å². The van der Waals surface area contributed by atoms with E-state index < -0.39 is 10.0 Å². The summed E-state index contributed by atoms with van der Waals surface area (Å²) in [6.45, 7) is 0.461. The predicted octanol–water partition coefficient (Wildman–Crippen LogP) is 0.422. The number of unbranched alkanes of at least 4 members (excludes halogenated alkanes) is 1. The number of nitrogens with two attached hydrogens (primary N) is 1. The molecule has 88 valence electrons. The monoisotopic (exact) mass is 233 g/mol. The van der Waals surface area contributed by atoms with E-state index in [1.165, 1.54) is 0 Å². The zero-order chi connectivity index (χ0) is 11.3. The van der Waals surface area contributed by atoms with Gasteiger partial charge in [0.1, 0.15) is 0 Å². The molecule has 4 N–H and O–H groups in total. The smallest absolute Gasteiger partial charge is 0.211 e. The molecule has 0 aliphatic heterocycles. The summed E-state index contributed by atoms with van der Waals surface area (Å²) in [4.78, 5) is 0. The standard InChI is InChI=1S/C9H19N3O2S/c10-9(11)3-1-2-6-12-15(13,14)7-8-4-5-8/h8,12H,1-7H2,(H3,10,11). The van der Waals surface area contributed by atoms with Gasteiger partial charge in [0, 0.05) is 13.0 Å². The highest BCUT2D eigenvalue weighted by atomic mass is 32.2. The van der Waals surface area contributed by atoms with Gasteiger partial charge in [-0.1, -0.05) is 0 Å². The highest BCUT2D eigenvalue weighted by Gasteiger charge is 2.27. The summed E-state index contributed by atoms with van der Waals surface area (Å²) in [5.41, 5.74) is 5.18. The topological polar surface area (TPSA) is 96.0 Å². The van der Waals surface area contributed by atoms with Gasteiger partial charge in [0.2, 0.25) is 10.0 Å². The number of rotatable bonds is 8. The second kappa shape index (κ2) is 5.46. The molecule has 0 heterocycles. The van der Waals surface area contributed by atoms with Gasteiger partial charge in [0.25, 0.3) is 0 Å². The van der Waals surface area contributed by atoms with Crippen molar-refractivity contribution in [3.8, 4) is 0 Å². The molecule has 0 saturated heterocycles. The molecular formula is C9H19N3O2S. The predicted molar refractivity (Wildman–Crippen MR) is 60.3 cm³/mol. The minimum Gasteiger partial charge on any atom is -0.388 e. The molecule has 0 aromatic rings. The van der Waals surface area contributed by atoms with Crippen molar-refractivity contribution in [2.75, 3.05) is 12.3 Å². The van der Waals surface area contributed by atoms with Crippen molar-refractivity contribution in [3.05, 3.63) is 0 Å². The van der Waals surface area contributed by atoms with E-state index in [0.717, 1.165) is 25.7 Å². The number of amidine groups is 1. The van der Waals surface area contributed by atoms with Crippen LogP contribution in [0.5, 0.6) is 0 Å². The third-order valence-corrected chi connectivity index (χ3v) is 3.90. The molecule has 1 saturated carbocycles. The second-order valence-electron chi connectivity index (χ2n) is 4.10. The molecule has 1 aliphatic rings. The molecule has 0 bridgehead atoms. The number of hydrogen-bond acceptors (Lipinski definition) is 3. The molecule has 0 aromatic heterocycles. The van der Waals surface area contributed by atoms with Gasteiger partial charge < -0.3 is 5.73 Å². The number of hydrogen-bond donors (Lipinski definition) is 3. The summed E-state index contributed by atoms with van der Waals surface area (Å²) in [6, 6.07) is 0. The Labute approximate surface area is 91.0 Å². The number of sulfonamides is 1. The van der Waals surface area contributed by atoms with Crippen LogP contribution < -0.4 is 10.5 Å². The van der Waals surface area contributed by atoms with Crippen LogP contribution in [0.25, 0.3) is 0 Å². The van der Waals surface area contributed by atoms with E-state index in [4.69, 9.17) is 11.1 Å². The van der Waals surface area contributed by atoms with Gasteiger partial charge in [0.05, 0.1) is 11.6 Å². The summed E-state index contributed by atoms with van der Waals surface area (Å²) < 4.78 is 25.4. The maximum Gasteiger partial charge on any atom is 0.211 e. The van der Waals surface area contributed by atoms with Crippen molar-refractivity contribution < 1.29 is 8.42 Å². The molecule has 5 nitrogen and oxygen atoms in total. The lowest BCUT2D eigenvalue weighted by molar-refractivity contribution is 0.573. The quantitative estimate of drug-likeness (QED) is 0.322. The molecule has 0 radical (unpaired) electrons. The first-order chi connectivity index (χ1) is 6.99. The van der Waals surface area contributed by atoms with Crippen LogP contribution in [0.1, 0.15) is 32.1 Å². The minimum atomic E-state index is -3.05. The summed E-state index contributed by atoms with van der Waals surface area (Å²) in [5.74, 6) is 0.829. The highest BCUT2D eigenvalue weighted by Crippen LogP contribution is 2.29. The number of nitrogens with one attached hydrogen (secondary N) is 2. The van der Waals surface area contributed by atoms with Crippen LogP contribution in [-0.4, -0.2) is 26.6 Å². The largest absolute Gasteiger partial charge is 0.388 e. The lowest BCUT2D eigenvalue weighted by Gasteiger charge is -2.05. The first-order valence-electron chi connectivity index (χ1n) is 5.30. The molecule has 0 unspecified atom stereocenters. The molecule has 1 fully saturated rings. The van der Waals surface area contributed by atoms with Crippen molar-refractivity contribution in [2.45, 2.75) is 32.1 Å². The summed E-state index contributed by atoms with van der Waals surface area (Å²) in [5, 5.41) is 6.99. The maximum absolute atomic E-state index is 11.4. The van der Waals surface area contributed by atoms with Crippen LogP contribution in [0.15, 0.2) is 0 Å². The van der Waals surface area contributed by atoms with Gasteiger partial charge in [-0.2, -0.15) is 0 Å². The highest BCUT2D eigenvalue weighted by molar-refractivity contribution is 7.89. The van der Waals surface area contributed by atoms with E-state index in [9.17, 15) is 8.42 Å². The Kier molecular flexibility index (Phi) is 4.53. The molecule has 1 rings (SSSR count). The van der Waals surface area contributed by atoms with Crippen LogP contribution in [0.2, 0.25) is 0 Å². The van der Waals surface area contributed by atoms with Gasteiger partial charge >= 0.3 is 0 Å². The van der Waals surface area contributed by atoms with E-state index in [-0.39, 0.29) is 11.6 Å². The fraction of sp³-hybridized carbons (Fsp3) is 0.889. The molecule has 0 aromatic carbocycles. The Balaban J connectivity index is 2.05. The zero-order valence-corrected chi connectivity index (χ0v) is 9.65. The molecule has 0 amide bonds. The van der Waals surface area contributed by atoms with Crippen molar-refractivity contribution in [2.24, 2.45) is 11.7 Å². The lowest BCUT2D eigenvalue weighted by atomic mass is 10.2. The van der Waals surface area contributed by atoms with Crippen LogP contribution in [-0.2, 0) is 10.0 Å². The maximum atomic E-state index is 11.4. The van der Waals surface area contributed by atoms with Gasteiger partial charge in [-0.15, -0.1) is 0 Å². The average Bonchev–Trinajstić information content (AvgIpc) is 2.86. The van der Waals surface area contributed by atoms with Gasteiger partial charge in [-0.3, -0.25) is 5.41 Å². The first kappa shape index (κ1) is 12.4. The Morgan fingerprint density at radius 3 is 2.60 bits per heavy atom. The normalized spacial score (nSPS) is 16.5. The van der Waals surface area contributed by atoms with E-state index in [1.54, 1.807) is 0 Å². The van der Waals surface area contributed by atoms with Crippen LogP contribution in [0.4, 0.5) is 0 Å². The minimum absolute atomic E-state index is 0.163. The Morgan fingerprint density at radius 2 is 2.07 bits per heavy atom. The Morgan fingerprint density at radius 1 is 1.40 bits per heavy atom. The second-order valence-corrected chi connectivity index (χ2v) is 5.95. The van der Waals surface area contributed by atoms with Crippen LogP contribution in [0, 0.1) is 11.3 Å². The van der Waals surface area contributed by atoms with Crippen molar-refractivity contribution in [3.63, 3.8) is 0 Å². The zero-order valence-electron chi connectivity index (χ0n) is 8.83. The van der Waals surface area contributed by atoms with E-state index in [1.807, 2.05) is 0 Å². The molecule has 1 aliphatic carbocycles. The molecule has 6 heteroatoms. The Bertz CT molecular complexity index is 309. The van der Waals surface area contributed by atoms with Crippen molar-refractivity contribution in [1.29, 1.82) is 5.41 Å². The third-order valence-electron chi connectivity index (χ3n) is 2.35. The van der Waals surface area contributed by atoms with Crippen molar-refractivity contribution in [1.82, 2.24) is 4.72 Å². The fourth-order valence-corrected chi connectivity index (χ4v) is 2.85. The summed E-state index contributed by atoms with van der Waals surface area (Å²) >= 11 is 0. The molecular weight excluding hydrogens is 214 g/mol. The molecule has 0 spiro atoms. The third kappa shape index (κ3) is 6.46. The summed E-state index contributed by atoms with van der Waals surface area (Å²) in [6.07, 6.45) is 4.14. The van der Waals surface area contributed by atoms with Crippen molar-refractivity contribution >= 4 is 15.9 Å². The fourth-order valence-electron chi connectivity index (χ4n) is 1.32. The molecule has 15 heavy (non-hydrogen) atoms. The average molecular weight is 233 g/mol.